The molecule has 0 bridgehead atoms. The van der Waals surface area contributed by atoms with Crippen LogP contribution < -0.4 is 0 Å². The van der Waals surface area contributed by atoms with Gasteiger partial charge in [0.25, 0.3) is 5.69 Å². The fraction of sp³-hybridized carbons (Fsp3) is 0.0714. The smallest absolute Gasteiger partial charge is 0.269 e. The maximum absolute atomic E-state index is 10.5. The molecule has 2 rings (SSSR count). The highest BCUT2D eigenvalue weighted by Gasteiger charge is 2.03. The van der Waals surface area contributed by atoms with Gasteiger partial charge in [0, 0.05) is 12.1 Å². The second kappa shape index (κ2) is 6.30. The van der Waals surface area contributed by atoms with Crippen molar-refractivity contribution in [2.24, 2.45) is 5.16 Å². The van der Waals surface area contributed by atoms with Gasteiger partial charge in [-0.1, -0.05) is 35.5 Å². The highest BCUT2D eigenvalue weighted by Crippen LogP contribution is 2.12. The van der Waals surface area contributed by atoms with Crippen LogP contribution in [-0.2, 0) is 11.4 Å². The summed E-state index contributed by atoms with van der Waals surface area (Å²) in [6.45, 7) is 0.279. The van der Waals surface area contributed by atoms with Crippen LogP contribution in [0.4, 0.5) is 5.69 Å². The Morgan fingerprint density at radius 3 is 2.42 bits per heavy atom. The number of hydrogen-bond acceptors (Lipinski definition) is 4. The standard InChI is InChI=1S/C14H12N2O3/c17-16(18)14-8-6-13(7-9-14)11-19-15-10-12-4-2-1-3-5-12/h1-10H,11H2. The molecule has 0 aromatic heterocycles. The molecule has 96 valence electrons. The van der Waals surface area contributed by atoms with Crippen molar-refractivity contribution in [3.63, 3.8) is 0 Å². The molecule has 19 heavy (non-hydrogen) atoms. The molecule has 0 radical (unpaired) electrons. The van der Waals surface area contributed by atoms with Crippen molar-refractivity contribution < 1.29 is 9.76 Å². The lowest BCUT2D eigenvalue weighted by atomic mass is 10.2. The number of hydrogen-bond donors (Lipinski definition) is 0. The number of benzene rings is 2. The molecule has 2 aromatic carbocycles. The summed E-state index contributed by atoms with van der Waals surface area (Å²) < 4.78 is 0. The fourth-order valence-corrected chi connectivity index (χ4v) is 1.46. The van der Waals surface area contributed by atoms with Gasteiger partial charge in [0.2, 0.25) is 0 Å². The molecule has 5 nitrogen and oxygen atoms in total. The van der Waals surface area contributed by atoms with E-state index in [1.807, 2.05) is 30.3 Å². The minimum absolute atomic E-state index is 0.0662. The summed E-state index contributed by atoms with van der Waals surface area (Å²) in [7, 11) is 0. The maximum atomic E-state index is 10.5. The van der Waals surface area contributed by atoms with Gasteiger partial charge in [-0.2, -0.15) is 0 Å². The van der Waals surface area contributed by atoms with E-state index in [4.69, 9.17) is 4.84 Å². The van der Waals surface area contributed by atoms with Crippen LogP contribution in [0.2, 0.25) is 0 Å². The third-order valence-electron chi connectivity index (χ3n) is 2.45. The molecular formula is C14H12N2O3. The number of nitrogens with zero attached hydrogens (tertiary/aromatic N) is 2. The molecule has 0 unspecified atom stereocenters. The van der Waals surface area contributed by atoms with Crippen LogP contribution in [0.1, 0.15) is 11.1 Å². The molecule has 0 N–H and O–H groups in total. The highest BCUT2D eigenvalue weighted by molar-refractivity contribution is 5.78. The van der Waals surface area contributed by atoms with Crippen molar-refractivity contribution in [3.05, 3.63) is 75.8 Å². The van der Waals surface area contributed by atoms with E-state index in [1.165, 1.54) is 12.1 Å². The van der Waals surface area contributed by atoms with Crippen molar-refractivity contribution >= 4 is 11.9 Å². The molecule has 5 heteroatoms. The predicted molar refractivity (Wildman–Crippen MR) is 71.9 cm³/mol. The van der Waals surface area contributed by atoms with E-state index in [2.05, 4.69) is 5.16 Å². The minimum Gasteiger partial charge on any atom is -0.391 e. The fourth-order valence-electron chi connectivity index (χ4n) is 1.46. The molecule has 0 atom stereocenters. The zero-order chi connectivity index (χ0) is 13.5. The molecule has 0 fully saturated rings. The summed E-state index contributed by atoms with van der Waals surface area (Å²) in [6.07, 6.45) is 1.62. The van der Waals surface area contributed by atoms with E-state index in [1.54, 1.807) is 18.3 Å². The van der Waals surface area contributed by atoms with Crippen molar-refractivity contribution in [3.8, 4) is 0 Å². The van der Waals surface area contributed by atoms with Crippen LogP contribution in [0.5, 0.6) is 0 Å². The van der Waals surface area contributed by atoms with Crippen LogP contribution in [0.3, 0.4) is 0 Å². The molecule has 0 aliphatic carbocycles. The molecular weight excluding hydrogens is 244 g/mol. The van der Waals surface area contributed by atoms with Crippen LogP contribution in [-0.4, -0.2) is 11.1 Å². The first-order valence-corrected chi connectivity index (χ1v) is 5.69. The third kappa shape index (κ3) is 3.92. The van der Waals surface area contributed by atoms with Crippen LogP contribution in [0.15, 0.2) is 59.8 Å². The average molecular weight is 256 g/mol. The Kier molecular flexibility index (Phi) is 4.23. The SMILES string of the molecule is O=[N+]([O-])c1ccc(CON=Cc2ccccc2)cc1. The largest absolute Gasteiger partial charge is 0.391 e. The Balaban J connectivity index is 1.86. The van der Waals surface area contributed by atoms with Gasteiger partial charge in [0.1, 0.15) is 6.61 Å². The maximum Gasteiger partial charge on any atom is 0.269 e. The predicted octanol–water partition coefficient (Wildman–Crippen LogP) is 3.15. The van der Waals surface area contributed by atoms with Crippen molar-refractivity contribution in [2.45, 2.75) is 6.61 Å². The summed E-state index contributed by atoms with van der Waals surface area (Å²) in [5, 5.41) is 14.3. The number of rotatable bonds is 5. The van der Waals surface area contributed by atoms with Gasteiger partial charge in [-0.05, 0) is 23.3 Å². The molecule has 0 saturated carbocycles. The minimum atomic E-state index is -0.432. The lowest BCUT2D eigenvalue weighted by Crippen LogP contribution is -1.91. The summed E-state index contributed by atoms with van der Waals surface area (Å²) in [5.74, 6) is 0. The summed E-state index contributed by atoms with van der Waals surface area (Å²) in [5.41, 5.74) is 1.85. The van der Waals surface area contributed by atoms with E-state index in [9.17, 15) is 10.1 Å². The van der Waals surface area contributed by atoms with E-state index in [0.29, 0.717) is 0 Å². The van der Waals surface area contributed by atoms with Gasteiger partial charge in [0.05, 0.1) is 11.1 Å². The first-order valence-electron chi connectivity index (χ1n) is 5.69. The van der Waals surface area contributed by atoms with Crippen molar-refractivity contribution in [1.82, 2.24) is 0 Å². The summed E-state index contributed by atoms with van der Waals surface area (Å²) in [4.78, 5) is 15.2. The van der Waals surface area contributed by atoms with Crippen molar-refractivity contribution in [1.29, 1.82) is 0 Å². The Morgan fingerprint density at radius 1 is 1.11 bits per heavy atom. The van der Waals surface area contributed by atoms with Gasteiger partial charge in [-0.3, -0.25) is 10.1 Å². The van der Waals surface area contributed by atoms with Gasteiger partial charge in [0.15, 0.2) is 0 Å². The highest BCUT2D eigenvalue weighted by atomic mass is 16.6. The first-order chi connectivity index (χ1) is 9.25. The summed E-state index contributed by atoms with van der Waals surface area (Å²) in [6, 6.07) is 15.8. The van der Waals surface area contributed by atoms with E-state index in [-0.39, 0.29) is 12.3 Å². The van der Waals surface area contributed by atoms with Gasteiger partial charge < -0.3 is 4.84 Å². The molecule has 0 amide bonds. The lowest BCUT2D eigenvalue weighted by Gasteiger charge is -1.99. The lowest BCUT2D eigenvalue weighted by molar-refractivity contribution is -0.384. The van der Waals surface area contributed by atoms with Gasteiger partial charge in [-0.15, -0.1) is 0 Å². The monoisotopic (exact) mass is 256 g/mol. The Labute approximate surface area is 110 Å². The molecule has 2 aromatic rings. The molecule has 0 aliphatic rings. The Morgan fingerprint density at radius 2 is 1.79 bits per heavy atom. The normalized spacial score (nSPS) is 10.5. The zero-order valence-corrected chi connectivity index (χ0v) is 10.1. The Hall–Kier alpha value is -2.69. The quantitative estimate of drug-likeness (QED) is 0.469. The summed E-state index contributed by atoms with van der Waals surface area (Å²) >= 11 is 0. The number of oxime groups is 1. The molecule has 0 spiro atoms. The topological polar surface area (TPSA) is 64.7 Å². The number of nitro benzene ring substituents is 1. The third-order valence-corrected chi connectivity index (χ3v) is 2.45. The zero-order valence-electron chi connectivity index (χ0n) is 10.1. The van der Waals surface area contributed by atoms with Crippen LogP contribution in [0, 0.1) is 10.1 Å². The molecule has 0 aliphatic heterocycles. The Bertz CT molecular complexity index is 565. The van der Waals surface area contributed by atoms with Gasteiger partial charge >= 0.3 is 0 Å². The average Bonchev–Trinajstić information content (AvgIpc) is 2.45. The van der Waals surface area contributed by atoms with Gasteiger partial charge in [-0.25, -0.2) is 0 Å². The second-order valence-corrected chi connectivity index (χ2v) is 3.84. The second-order valence-electron chi connectivity index (χ2n) is 3.84. The van der Waals surface area contributed by atoms with E-state index >= 15 is 0 Å². The van der Waals surface area contributed by atoms with Crippen molar-refractivity contribution in [2.75, 3.05) is 0 Å². The van der Waals surface area contributed by atoms with Crippen LogP contribution in [0.25, 0.3) is 0 Å². The molecule has 0 heterocycles. The first kappa shape index (κ1) is 12.8. The number of nitro groups is 1. The van der Waals surface area contributed by atoms with E-state index < -0.39 is 4.92 Å². The molecule has 0 saturated heterocycles. The number of non-ortho nitro benzene ring substituents is 1. The van der Waals surface area contributed by atoms with E-state index in [0.717, 1.165) is 11.1 Å². The van der Waals surface area contributed by atoms with Crippen LogP contribution >= 0.6 is 0 Å².